The van der Waals surface area contributed by atoms with Crippen molar-refractivity contribution in [2.45, 2.75) is 19.1 Å². The van der Waals surface area contributed by atoms with Gasteiger partial charge in [-0.1, -0.05) is 0 Å². The second kappa shape index (κ2) is 4.35. The second-order valence-electron chi connectivity index (χ2n) is 1.96. The van der Waals surface area contributed by atoms with Crippen molar-refractivity contribution in [3.8, 4) is 0 Å². The van der Waals surface area contributed by atoms with Gasteiger partial charge in [-0.2, -0.15) is 0 Å². The lowest BCUT2D eigenvalue weighted by Gasteiger charge is -2.15. The minimum absolute atomic E-state index is 0.0292. The summed E-state index contributed by atoms with van der Waals surface area (Å²) < 4.78 is 0. The highest BCUT2D eigenvalue weighted by molar-refractivity contribution is 6.18. The van der Waals surface area contributed by atoms with Gasteiger partial charge >= 0.3 is 6.09 Å². The zero-order chi connectivity index (χ0) is 8.15. The standard InChI is InChI=1S/C5H10ClNO3/c1-3(4(8)2-6)7-5(9)10/h3-4,7-8H,2H2,1H3,(H,9,10)/t3-,4-/m0/s1. The van der Waals surface area contributed by atoms with E-state index in [2.05, 4.69) is 5.32 Å². The summed E-state index contributed by atoms with van der Waals surface area (Å²) in [6, 6.07) is -0.519. The molecule has 10 heavy (non-hydrogen) atoms. The van der Waals surface area contributed by atoms with Gasteiger partial charge in [0.15, 0.2) is 0 Å². The SMILES string of the molecule is C[C@H](NC(=O)O)[C@@H](O)CCl. The normalized spacial score (nSPS) is 15.9. The molecular weight excluding hydrogens is 158 g/mol. The molecule has 1 amide bonds. The van der Waals surface area contributed by atoms with E-state index in [-0.39, 0.29) is 5.88 Å². The van der Waals surface area contributed by atoms with Crippen LogP contribution in [-0.4, -0.2) is 34.3 Å². The number of aliphatic hydroxyl groups is 1. The topological polar surface area (TPSA) is 69.6 Å². The van der Waals surface area contributed by atoms with Crippen molar-refractivity contribution in [1.82, 2.24) is 5.32 Å². The maximum absolute atomic E-state index is 9.96. The van der Waals surface area contributed by atoms with Gasteiger partial charge in [0, 0.05) is 0 Å². The Morgan fingerprint density at radius 3 is 2.60 bits per heavy atom. The molecule has 60 valence electrons. The van der Waals surface area contributed by atoms with Crippen molar-refractivity contribution >= 4 is 17.7 Å². The minimum atomic E-state index is -1.16. The molecule has 0 aromatic carbocycles. The number of hydrogen-bond acceptors (Lipinski definition) is 2. The summed E-state index contributed by atoms with van der Waals surface area (Å²) in [5.74, 6) is 0.0292. The second-order valence-corrected chi connectivity index (χ2v) is 2.27. The van der Waals surface area contributed by atoms with Crippen LogP contribution in [-0.2, 0) is 0 Å². The monoisotopic (exact) mass is 167 g/mol. The van der Waals surface area contributed by atoms with Crippen LogP contribution in [0, 0.1) is 0 Å². The summed E-state index contributed by atoms with van der Waals surface area (Å²) >= 11 is 5.25. The molecule has 4 nitrogen and oxygen atoms in total. The van der Waals surface area contributed by atoms with Crippen LogP contribution in [0.2, 0.25) is 0 Å². The first-order chi connectivity index (χ1) is 4.57. The molecule has 0 unspecified atom stereocenters. The molecule has 0 radical (unpaired) electrons. The zero-order valence-corrected chi connectivity index (χ0v) is 6.30. The fraction of sp³-hybridized carbons (Fsp3) is 0.800. The molecule has 0 aliphatic heterocycles. The lowest BCUT2D eigenvalue weighted by Crippen LogP contribution is -2.41. The van der Waals surface area contributed by atoms with Gasteiger partial charge in [-0.05, 0) is 6.92 Å². The van der Waals surface area contributed by atoms with Gasteiger partial charge in [-0.15, -0.1) is 11.6 Å². The molecule has 0 aromatic rings. The van der Waals surface area contributed by atoms with Crippen molar-refractivity contribution in [3.63, 3.8) is 0 Å². The average Bonchev–Trinajstić information content (AvgIpc) is 1.85. The van der Waals surface area contributed by atoms with E-state index in [4.69, 9.17) is 21.8 Å². The van der Waals surface area contributed by atoms with E-state index in [1.54, 1.807) is 6.92 Å². The molecule has 0 rings (SSSR count). The van der Waals surface area contributed by atoms with Crippen molar-refractivity contribution in [2.75, 3.05) is 5.88 Å². The molecule has 0 aliphatic rings. The Kier molecular flexibility index (Phi) is 4.14. The average molecular weight is 168 g/mol. The first kappa shape index (κ1) is 9.52. The van der Waals surface area contributed by atoms with E-state index < -0.39 is 18.2 Å². The number of amides is 1. The first-order valence-electron chi connectivity index (χ1n) is 2.81. The quantitative estimate of drug-likeness (QED) is 0.528. The van der Waals surface area contributed by atoms with Crippen LogP contribution in [0.4, 0.5) is 4.79 Å². The third kappa shape index (κ3) is 3.53. The summed E-state index contributed by atoms with van der Waals surface area (Å²) in [5, 5.41) is 19.2. The minimum Gasteiger partial charge on any atom is -0.465 e. The van der Waals surface area contributed by atoms with E-state index in [9.17, 15) is 4.79 Å². The van der Waals surface area contributed by atoms with Crippen LogP contribution >= 0.6 is 11.6 Å². The van der Waals surface area contributed by atoms with Gasteiger partial charge in [-0.25, -0.2) is 4.79 Å². The van der Waals surface area contributed by atoms with Gasteiger partial charge in [-0.3, -0.25) is 0 Å². The molecule has 0 spiro atoms. The zero-order valence-electron chi connectivity index (χ0n) is 5.54. The van der Waals surface area contributed by atoms with Crippen LogP contribution in [0.25, 0.3) is 0 Å². The number of aliphatic hydroxyl groups excluding tert-OH is 1. The number of carboxylic acid groups (broad SMARTS) is 1. The highest BCUT2D eigenvalue weighted by Crippen LogP contribution is 1.94. The summed E-state index contributed by atoms with van der Waals surface area (Å²) in [5.41, 5.74) is 0. The van der Waals surface area contributed by atoms with Crippen molar-refractivity contribution < 1.29 is 15.0 Å². The maximum atomic E-state index is 9.96. The Bertz CT molecular complexity index is 119. The summed E-state index contributed by atoms with van der Waals surface area (Å²) in [6.45, 7) is 1.54. The lowest BCUT2D eigenvalue weighted by molar-refractivity contribution is 0.142. The van der Waals surface area contributed by atoms with Crippen LogP contribution in [0.15, 0.2) is 0 Å². The van der Waals surface area contributed by atoms with E-state index in [1.165, 1.54) is 0 Å². The molecular formula is C5H10ClNO3. The van der Waals surface area contributed by atoms with Crippen molar-refractivity contribution in [3.05, 3.63) is 0 Å². The summed E-state index contributed by atoms with van der Waals surface area (Å²) in [7, 11) is 0. The van der Waals surface area contributed by atoms with E-state index in [0.29, 0.717) is 0 Å². The third-order valence-corrected chi connectivity index (χ3v) is 1.40. The molecule has 0 fully saturated rings. The number of hydrogen-bond donors (Lipinski definition) is 3. The van der Waals surface area contributed by atoms with Crippen LogP contribution in [0.5, 0.6) is 0 Å². The largest absolute Gasteiger partial charge is 0.465 e. The van der Waals surface area contributed by atoms with E-state index in [0.717, 1.165) is 0 Å². The summed E-state index contributed by atoms with van der Waals surface area (Å²) in [6.07, 6.45) is -1.98. The number of rotatable bonds is 3. The molecule has 0 saturated heterocycles. The van der Waals surface area contributed by atoms with Gasteiger partial charge in [0.2, 0.25) is 0 Å². The fourth-order valence-corrected chi connectivity index (χ4v) is 0.692. The highest BCUT2D eigenvalue weighted by atomic mass is 35.5. The Morgan fingerprint density at radius 2 is 2.30 bits per heavy atom. The Hall–Kier alpha value is -0.480. The predicted molar refractivity (Wildman–Crippen MR) is 37.3 cm³/mol. The number of carbonyl (C=O) groups is 1. The van der Waals surface area contributed by atoms with Gasteiger partial charge in [0.05, 0.1) is 18.0 Å². The lowest BCUT2D eigenvalue weighted by atomic mass is 10.2. The molecule has 0 aromatic heterocycles. The maximum Gasteiger partial charge on any atom is 0.404 e. The molecule has 0 aliphatic carbocycles. The van der Waals surface area contributed by atoms with Crippen LogP contribution in [0.3, 0.4) is 0 Å². The third-order valence-electron chi connectivity index (χ3n) is 1.09. The van der Waals surface area contributed by atoms with Gasteiger partial charge < -0.3 is 15.5 Å². The van der Waals surface area contributed by atoms with Crippen LogP contribution in [0.1, 0.15) is 6.92 Å². The number of halogens is 1. The van der Waals surface area contributed by atoms with E-state index >= 15 is 0 Å². The molecule has 2 atom stereocenters. The van der Waals surface area contributed by atoms with Crippen LogP contribution < -0.4 is 5.32 Å². The Labute approximate surface area is 63.8 Å². The van der Waals surface area contributed by atoms with Crippen molar-refractivity contribution in [2.24, 2.45) is 0 Å². The molecule has 0 bridgehead atoms. The summed E-state index contributed by atoms with van der Waals surface area (Å²) in [4.78, 5) is 9.96. The number of nitrogens with one attached hydrogen (secondary N) is 1. The smallest absolute Gasteiger partial charge is 0.404 e. The fourth-order valence-electron chi connectivity index (χ4n) is 0.425. The van der Waals surface area contributed by atoms with Crippen molar-refractivity contribution in [1.29, 1.82) is 0 Å². The number of alkyl halides is 1. The van der Waals surface area contributed by atoms with E-state index in [1.807, 2.05) is 0 Å². The Morgan fingerprint density at radius 1 is 1.80 bits per heavy atom. The first-order valence-corrected chi connectivity index (χ1v) is 3.35. The molecule has 5 heteroatoms. The van der Waals surface area contributed by atoms with Gasteiger partial charge in [0.25, 0.3) is 0 Å². The molecule has 3 N–H and O–H groups in total. The van der Waals surface area contributed by atoms with Gasteiger partial charge in [0.1, 0.15) is 0 Å². The Balaban J connectivity index is 3.61. The predicted octanol–water partition coefficient (Wildman–Crippen LogP) is 0.242. The highest BCUT2D eigenvalue weighted by Gasteiger charge is 2.13. The molecule has 0 saturated carbocycles. The molecule has 0 heterocycles.